The molecule has 1 fully saturated rings. The van der Waals surface area contributed by atoms with Crippen molar-refractivity contribution in [3.8, 4) is 0 Å². The Balaban J connectivity index is 1.82. The third-order valence-electron chi connectivity index (χ3n) is 4.81. The molecule has 0 bridgehead atoms. The fourth-order valence-electron chi connectivity index (χ4n) is 3.33. The molecule has 1 aromatic rings. The monoisotopic (exact) mass is 416 g/mol. The zero-order chi connectivity index (χ0) is 21.1. The number of allylic oxidation sites excluding steroid dienone is 2. The number of aliphatic imine (C=N–C) groups is 1. The summed E-state index contributed by atoms with van der Waals surface area (Å²) in [6, 6.07) is 6.33. The Morgan fingerprint density at radius 1 is 1.31 bits per heavy atom. The first-order chi connectivity index (χ1) is 14.0. The van der Waals surface area contributed by atoms with Crippen LogP contribution in [-0.2, 0) is 14.3 Å². The third-order valence-corrected chi connectivity index (χ3v) is 5.03. The van der Waals surface area contributed by atoms with E-state index in [1.807, 2.05) is 6.07 Å². The second-order valence-electron chi connectivity index (χ2n) is 6.93. The number of nitrogens with zero attached hydrogens (tertiary/aromatic N) is 2. The van der Waals surface area contributed by atoms with Gasteiger partial charge in [-0.1, -0.05) is 24.2 Å². The average Bonchev–Trinajstić information content (AvgIpc) is 2.71. The second-order valence-corrected chi connectivity index (χ2v) is 7.37. The molecule has 0 N–H and O–H groups in total. The molecule has 5 nitrogen and oxygen atoms in total. The van der Waals surface area contributed by atoms with Gasteiger partial charge in [-0.05, 0) is 74.2 Å². The molecule has 0 saturated carbocycles. The van der Waals surface area contributed by atoms with E-state index < -0.39 is 5.97 Å². The maximum absolute atomic E-state index is 11.3. The van der Waals surface area contributed by atoms with Crippen LogP contribution in [0.25, 0.3) is 0 Å². The van der Waals surface area contributed by atoms with Gasteiger partial charge in [0.1, 0.15) is 12.4 Å². The Bertz CT molecular complexity index is 758. The standard InChI is InChI=1S/C23H29ClN2O3/c1-4-25-10-7-22(5-6-23(27)28-3)29-14-13-26-11-8-19(9-12-26)20-15-18(2)16-21(24)17-20/h4-7,10,15-17,19H,1,8-9,11-14H2,2-3H3/b6-5+,22-7+,25-10+. The Morgan fingerprint density at radius 2 is 2.07 bits per heavy atom. The highest BCUT2D eigenvalue weighted by molar-refractivity contribution is 6.30. The molecule has 1 aromatic carbocycles. The van der Waals surface area contributed by atoms with Crippen LogP contribution in [0.4, 0.5) is 0 Å². The molecule has 0 radical (unpaired) electrons. The van der Waals surface area contributed by atoms with Gasteiger partial charge >= 0.3 is 5.97 Å². The minimum atomic E-state index is -0.432. The Hall–Kier alpha value is -2.37. The van der Waals surface area contributed by atoms with E-state index in [0.717, 1.165) is 37.5 Å². The van der Waals surface area contributed by atoms with Gasteiger partial charge in [0, 0.05) is 30.1 Å². The first-order valence-corrected chi connectivity index (χ1v) is 10.1. The Morgan fingerprint density at radius 3 is 2.72 bits per heavy atom. The van der Waals surface area contributed by atoms with Gasteiger partial charge in [0.25, 0.3) is 0 Å². The van der Waals surface area contributed by atoms with Gasteiger partial charge in [-0.25, -0.2) is 4.79 Å². The zero-order valence-electron chi connectivity index (χ0n) is 17.1. The van der Waals surface area contributed by atoms with Gasteiger partial charge in [-0.2, -0.15) is 0 Å². The van der Waals surface area contributed by atoms with Crippen LogP contribution in [0, 0.1) is 6.92 Å². The van der Waals surface area contributed by atoms with Crippen LogP contribution >= 0.6 is 11.6 Å². The zero-order valence-corrected chi connectivity index (χ0v) is 17.9. The van der Waals surface area contributed by atoms with E-state index in [2.05, 4.69) is 40.3 Å². The SMILES string of the molecule is C=C/N=C/C=C(\C=C\C(=O)OC)OCCN1CCC(c2cc(C)cc(Cl)c2)CC1. The smallest absolute Gasteiger partial charge is 0.330 e. The highest BCUT2D eigenvalue weighted by Crippen LogP contribution is 2.30. The summed E-state index contributed by atoms with van der Waals surface area (Å²) in [6.07, 6.45) is 9.81. The van der Waals surface area contributed by atoms with Crippen molar-refractivity contribution < 1.29 is 14.3 Å². The normalized spacial score (nSPS) is 16.4. The number of likely N-dealkylation sites (tertiary alicyclic amines) is 1. The van der Waals surface area contributed by atoms with Gasteiger partial charge < -0.3 is 9.47 Å². The van der Waals surface area contributed by atoms with Gasteiger partial charge in [0.05, 0.1) is 7.11 Å². The number of esters is 1. The Kier molecular flexibility index (Phi) is 9.68. The molecule has 0 unspecified atom stereocenters. The summed E-state index contributed by atoms with van der Waals surface area (Å²) in [7, 11) is 1.34. The quantitative estimate of drug-likeness (QED) is 0.193. The van der Waals surface area contributed by atoms with Crippen LogP contribution in [0.1, 0.15) is 29.9 Å². The molecule has 0 atom stereocenters. The largest absolute Gasteiger partial charge is 0.492 e. The highest BCUT2D eigenvalue weighted by Gasteiger charge is 2.21. The summed E-state index contributed by atoms with van der Waals surface area (Å²) in [5.41, 5.74) is 2.55. The summed E-state index contributed by atoms with van der Waals surface area (Å²) < 4.78 is 10.4. The third kappa shape index (κ3) is 8.26. The minimum Gasteiger partial charge on any atom is -0.492 e. The van der Waals surface area contributed by atoms with Crippen molar-refractivity contribution in [1.29, 1.82) is 0 Å². The molecule has 0 aliphatic carbocycles. The molecule has 1 heterocycles. The van der Waals surface area contributed by atoms with Crippen molar-refractivity contribution in [1.82, 2.24) is 4.90 Å². The van der Waals surface area contributed by atoms with Crippen LogP contribution in [0.15, 0.2) is 60.0 Å². The van der Waals surface area contributed by atoms with Gasteiger partial charge in [0.2, 0.25) is 0 Å². The maximum atomic E-state index is 11.3. The number of piperidine rings is 1. The summed E-state index contributed by atoms with van der Waals surface area (Å²) in [4.78, 5) is 17.6. The van der Waals surface area contributed by atoms with Crippen LogP contribution < -0.4 is 0 Å². The highest BCUT2D eigenvalue weighted by atomic mass is 35.5. The molecule has 6 heteroatoms. The lowest BCUT2D eigenvalue weighted by molar-refractivity contribution is -0.134. The topological polar surface area (TPSA) is 51.1 Å². The molecule has 0 amide bonds. The molecule has 1 aliphatic heterocycles. The van der Waals surface area contributed by atoms with Crippen molar-refractivity contribution in [2.24, 2.45) is 4.99 Å². The first-order valence-electron chi connectivity index (χ1n) is 9.74. The summed E-state index contributed by atoms with van der Waals surface area (Å²) in [6.45, 7) is 9.01. The molecular weight excluding hydrogens is 388 g/mol. The van der Waals surface area contributed by atoms with Gasteiger partial charge in [-0.15, -0.1) is 0 Å². The predicted octanol–water partition coefficient (Wildman–Crippen LogP) is 4.67. The molecule has 29 heavy (non-hydrogen) atoms. The number of methoxy groups -OCH3 is 1. The van der Waals surface area contributed by atoms with Crippen LogP contribution in [0.3, 0.4) is 0 Å². The minimum absolute atomic E-state index is 0.432. The number of ether oxygens (including phenoxy) is 2. The predicted molar refractivity (Wildman–Crippen MR) is 118 cm³/mol. The van der Waals surface area contributed by atoms with Crippen molar-refractivity contribution in [2.45, 2.75) is 25.7 Å². The van der Waals surface area contributed by atoms with Crippen molar-refractivity contribution in [3.63, 3.8) is 0 Å². The van der Waals surface area contributed by atoms with Crippen LogP contribution in [-0.4, -0.2) is 50.4 Å². The molecule has 1 aliphatic rings. The van der Waals surface area contributed by atoms with Crippen molar-refractivity contribution in [3.05, 3.63) is 71.1 Å². The number of carbonyl (C=O) groups is 1. The van der Waals surface area contributed by atoms with E-state index in [0.29, 0.717) is 18.3 Å². The number of carbonyl (C=O) groups excluding carboxylic acids is 1. The molecular formula is C23H29ClN2O3. The van der Waals surface area contributed by atoms with Crippen molar-refractivity contribution >= 4 is 23.8 Å². The van der Waals surface area contributed by atoms with E-state index in [-0.39, 0.29) is 0 Å². The van der Waals surface area contributed by atoms with E-state index in [1.54, 1.807) is 18.4 Å². The number of hydrogen-bond donors (Lipinski definition) is 0. The van der Waals surface area contributed by atoms with Crippen LogP contribution in [0.2, 0.25) is 5.02 Å². The molecule has 0 spiro atoms. The fraction of sp³-hybridized carbons (Fsp3) is 0.391. The maximum Gasteiger partial charge on any atom is 0.330 e. The number of rotatable bonds is 9. The summed E-state index contributed by atoms with van der Waals surface area (Å²) in [5.74, 6) is 0.668. The number of halogens is 1. The van der Waals surface area contributed by atoms with Crippen molar-refractivity contribution in [2.75, 3.05) is 33.4 Å². The number of aryl methyl sites for hydroxylation is 1. The lowest BCUT2D eigenvalue weighted by Crippen LogP contribution is -2.35. The van der Waals surface area contributed by atoms with Gasteiger partial charge in [0.15, 0.2) is 0 Å². The van der Waals surface area contributed by atoms with E-state index in [9.17, 15) is 4.79 Å². The second kappa shape index (κ2) is 12.2. The summed E-state index contributed by atoms with van der Waals surface area (Å²) >= 11 is 6.21. The molecule has 0 aromatic heterocycles. The number of benzene rings is 1. The molecule has 156 valence electrons. The van der Waals surface area contributed by atoms with E-state index >= 15 is 0 Å². The average molecular weight is 417 g/mol. The Labute approximate surface area is 178 Å². The molecule has 1 saturated heterocycles. The fourth-order valence-corrected chi connectivity index (χ4v) is 3.63. The lowest BCUT2D eigenvalue weighted by Gasteiger charge is -2.32. The first kappa shape index (κ1) is 22.9. The lowest BCUT2D eigenvalue weighted by atomic mass is 9.89. The number of hydrogen-bond acceptors (Lipinski definition) is 5. The van der Waals surface area contributed by atoms with Crippen LogP contribution in [0.5, 0.6) is 0 Å². The summed E-state index contributed by atoms with van der Waals surface area (Å²) in [5, 5.41) is 0.815. The molecule has 2 rings (SSSR count). The van der Waals surface area contributed by atoms with Gasteiger partial charge in [-0.3, -0.25) is 9.89 Å². The van der Waals surface area contributed by atoms with E-state index in [1.165, 1.54) is 30.5 Å². The van der Waals surface area contributed by atoms with E-state index in [4.69, 9.17) is 16.3 Å².